The molecule has 2 rings (SSSR count). The second-order valence-electron chi connectivity index (χ2n) is 4.51. The van der Waals surface area contributed by atoms with Crippen LogP contribution in [-0.2, 0) is 4.74 Å². The summed E-state index contributed by atoms with van der Waals surface area (Å²) in [7, 11) is 0. The molecule has 0 saturated carbocycles. The molecule has 0 radical (unpaired) electrons. The van der Waals surface area contributed by atoms with Gasteiger partial charge in [-0.3, -0.25) is 0 Å². The largest absolute Gasteiger partial charge is 0.490 e. The summed E-state index contributed by atoms with van der Waals surface area (Å²) in [5, 5.41) is 0. The molecule has 20 heavy (non-hydrogen) atoms. The minimum Gasteiger partial charge on any atom is -0.490 e. The predicted octanol–water partition coefficient (Wildman–Crippen LogP) is 3.08. The predicted molar refractivity (Wildman–Crippen MR) is 76.2 cm³/mol. The van der Waals surface area contributed by atoms with Crippen LogP contribution >= 0.6 is 0 Å². The number of unbranched alkanes of at least 4 members (excludes halogenated alkanes) is 2. The lowest BCUT2D eigenvalue weighted by atomic mass is 10.3. The van der Waals surface area contributed by atoms with Crippen molar-refractivity contribution < 1.29 is 14.3 Å². The van der Waals surface area contributed by atoms with Gasteiger partial charge in [0.2, 0.25) is 0 Å². The van der Waals surface area contributed by atoms with E-state index in [-0.39, 0.29) is 0 Å². The number of imidazole rings is 1. The molecule has 0 aliphatic carbocycles. The van der Waals surface area contributed by atoms with Gasteiger partial charge < -0.3 is 13.9 Å². The maximum Gasteiger partial charge on any atom is 0.358 e. The number of aromatic nitrogens is 2. The van der Waals surface area contributed by atoms with E-state index in [1.807, 2.05) is 18.3 Å². The summed E-state index contributed by atoms with van der Waals surface area (Å²) in [5.74, 6) is 0.285. The molecule has 0 aromatic carbocycles. The van der Waals surface area contributed by atoms with Gasteiger partial charge in [0.15, 0.2) is 17.1 Å². The van der Waals surface area contributed by atoms with Crippen molar-refractivity contribution in [3.8, 4) is 5.75 Å². The van der Waals surface area contributed by atoms with Crippen LogP contribution in [0.1, 0.15) is 43.6 Å². The Labute approximate surface area is 118 Å². The highest BCUT2D eigenvalue weighted by Crippen LogP contribution is 2.19. The van der Waals surface area contributed by atoms with Gasteiger partial charge in [-0.05, 0) is 25.5 Å². The van der Waals surface area contributed by atoms with E-state index in [0.29, 0.717) is 30.3 Å². The maximum atomic E-state index is 11.7. The molecule has 0 aliphatic heterocycles. The Balaban J connectivity index is 2.16. The minimum atomic E-state index is -0.409. The first-order valence-corrected chi connectivity index (χ1v) is 7.04. The lowest BCUT2D eigenvalue weighted by molar-refractivity contribution is 0.0520. The molecule has 5 nitrogen and oxygen atoms in total. The highest BCUT2D eigenvalue weighted by atomic mass is 16.5. The Morgan fingerprint density at radius 2 is 2.20 bits per heavy atom. The lowest BCUT2D eigenvalue weighted by Crippen LogP contribution is -2.04. The molecule has 0 bridgehead atoms. The maximum absolute atomic E-state index is 11.7. The highest BCUT2D eigenvalue weighted by Gasteiger charge is 2.14. The Morgan fingerprint density at radius 1 is 1.35 bits per heavy atom. The van der Waals surface area contributed by atoms with Crippen molar-refractivity contribution in [2.24, 2.45) is 0 Å². The zero-order valence-electron chi connectivity index (χ0n) is 12.0. The van der Waals surface area contributed by atoms with Crippen molar-refractivity contribution in [2.45, 2.75) is 33.1 Å². The molecule has 0 fully saturated rings. The van der Waals surface area contributed by atoms with Crippen LogP contribution in [0.3, 0.4) is 0 Å². The number of esters is 1. The molecule has 0 unspecified atom stereocenters. The van der Waals surface area contributed by atoms with Gasteiger partial charge in [-0.25, -0.2) is 9.78 Å². The van der Waals surface area contributed by atoms with Crippen LogP contribution in [0.2, 0.25) is 0 Å². The summed E-state index contributed by atoms with van der Waals surface area (Å²) >= 11 is 0. The number of rotatable bonds is 7. The fourth-order valence-electron chi connectivity index (χ4n) is 1.94. The van der Waals surface area contributed by atoms with Crippen LogP contribution in [0.25, 0.3) is 5.65 Å². The van der Waals surface area contributed by atoms with Crippen LogP contribution in [0, 0.1) is 0 Å². The zero-order chi connectivity index (χ0) is 14.4. The lowest BCUT2D eigenvalue weighted by Gasteiger charge is -2.06. The first-order chi connectivity index (χ1) is 9.76. The molecule has 2 aromatic rings. The number of hydrogen-bond donors (Lipinski definition) is 0. The Kier molecular flexibility index (Phi) is 4.98. The van der Waals surface area contributed by atoms with Gasteiger partial charge in [0, 0.05) is 12.4 Å². The van der Waals surface area contributed by atoms with Crippen molar-refractivity contribution >= 4 is 11.6 Å². The Bertz CT molecular complexity index is 578. The van der Waals surface area contributed by atoms with Crippen molar-refractivity contribution in [1.29, 1.82) is 0 Å². The molecule has 108 valence electrons. The van der Waals surface area contributed by atoms with Crippen molar-refractivity contribution in [3.05, 3.63) is 30.2 Å². The summed E-state index contributed by atoms with van der Waals surface area (Å²) in [6.45, 7) is 4.93. The summed E-state index contributed by atoms with van der Waals surface area (Å²) in [6.07, 6.45) is 6.81. The number of carbonyl (C=O) groups is 1. The van der Waals surface area contributed by atoms with Gasteiger partial charge in [0.05, 0.1) is 13.2 Å². The molecule has 0 N–H and O–H groups in total. The molecule has 2 heterocycles. The van der Waals surface area contributed by atoms with E-state index in [4.69, 9.17) is 9.47 Å². The van der Waals surface area contributed by atoms with E-state index in [1.54, 1.807) is 17.5 Å². The molecule has 2 aromatic heterocycles. The Hall–Kier alpha value is -2.04. The second-order valence-corrected chi connectivity index (χ2v) is 4.51. The number of carbonyl (C=O) groups excluding carboxylic acids is 1. The molecule has 0 saturated heterocycles. The average molecular weight is 276 g/mol. The minimum absolute atomic E-state index is 0.302. The molecular weight excluding hydrogens is 256 g/mol. The van der Waals surface area contributed by atoms with Crippen molar-refractivity contribution in [2.75, 3.05) is 13.2 Å². The SMILES string of the molecule is CCCCCOc1cccn2cc(C(=O)OCC)nc12. The van der Waals surface area contributed by atoms with E-state index in [0.717, 1.165) is 19.3 Å². The summed E-state index contributed by atoms with van der Waals surface area (Å²) in [4.78, 5) is 16.0. The fraction of sp³-hybridized carbons (Fsp3) is 0.467. The monoisotopic (exact) mass is 276 g/mol. The summed E-state index contributed by atoms with van der Waals surface area (Å²) in [6, 6.07) is 3.74. The third-order valence-corrected chi connectivity index (χ3v) is 2.94. The van der Waals surface area contributed by atoms with Gasteiger partial charge in [0.1, 0.15) is 0 Å². The number of hydrogen-bond acceptors (Lipinski definition) is 4. The van der Waals surface area contributed by atoms with Gasteiger partial charge in [0.25, 0.3) is 0 Å². The van der Waals surface area contributed by atoms with Gasteiger partial charge in [-0.1, -0.05) is 19.8 Å². The van der Waals surface area contributed by atoms with Crippen molar-refractivity contribution in [1.82, 2.24) is 9.38 Å². The number of nitrogens with zero attached hydrogens (tertiary/aromatic N) is 2. The Morgan fingerprint density at radius 3 is 2.95 bits per heavy atom. The molecule has 0 spiro atoms. The fourth-order valence-corrected chi connectivity index (χ4v) is 1.94. The van der Waals surface area contributed by atoms with E-state index < -0.39 is 5.97 Å². The summed E-state index contributed by atoms with van der Waals surface area (Å²) in [5.41, 5.74) is 0.948. The van der Waals surface area contributed by atoms with Crippen LogP contribution < -0.4 is 4.74 Å². The molecule has 5 heteroatoms. The van der Waals surface area contributed by atoms with Gasteiger partial charge in [-0.2, -0.15) is 0 Å². The van der Waals surface area contributed by atoms with Gasteiger partial charge in [-0.15, -0.1) is 0 Å². The standard InChI is InChI=1S/C15H20N2O3/c1-3-5-6-10-20-13-8-7-9-17-11-12(16-14(13)17)15(18)19-4-2/h7-9,11H,3-6,10H2,1-2H3. The van der Waals surface area contributed by atoms with Crippen LogP contribution in [0.15, 0.2) is 24.5 Å². The van der Waals surface area contributed by atoms with Gasteiger partial charge >= 0.3 is 5.97 Å². The highest BCUT2D eigenvalue weighted by molar-refractivity contribution is 5.88. The van der Waals surface area contributed by atoms with E-state index >= 15 is 0 Å². The average Bonchev–Trinajstić information content (AvgIpc) is 2.89. The van der Waals surface area contributed by atoms with E-state index in [1.165, 1.54) is 0 Å². The normalized spacial score (nSPS) is 10.7. The second kappa shape index (κ2) is 6.93. The molecule has 0 aliphatic rings. The number of pyridine rings is 1. The topological polar surface area (TPSA) is 52.8 Å². The summed E-state index contributed by atoms with van der Waals surface area (Å²) < 4.78 is 12.5. The molecule has 0 atom stereocenters. The molecule has 0 amide bonds. The number of ether oxygens (including phenoxy) is 2. The van der Waals surface area contributed by atoms with Crippen LogP contribution in [0.5, 0.6) is 5.75 Å². The number of fused-ring (bicyclic) bond motifs is 1. The first kappa shape index (κ1) is 14.4. The quantitative estimate of drug-likeness (QED) is 0.576. The van der Waals surface area contributed by atoms with Crippen LogP contribution in [-0.4, -0.2) is 28.6 Å². The molecular formula is C15H20N2O3. The van der Waals surface area contributed by atoms with E-state index in [9.17, 15) is 4.79 Å². The smallest absolute Gasteiger partial charge is 0.358 e. The van der Waals surface area contributed by atoms with Crippen LogP contribution in [0.4, 0.5) is 0 Å². The third-order valence-electron chi connectivity index (χ3n) is 2.94. The van der Waals surface area contributed by atoms with Crippen molar-refractivity contribution in [3.63, 3.8) is 0 Å². The zero-order valence-corrected chi connectivity index (χ0v) is 12.0. The van der Waals surface area contributed by atoms with E-state index in [2.05, 4.69) is 11.9 Å². The first-order valence-electron chi connectivity index (χ1n) is 7.04. The third kappa shape index (κ3) is 3.29.